The lowest BCUT2D eigenvalue weighted by Crippen LogP contribution is -2.15. The molecule has 7 heteroatoms. The standard InChI is InChI=1S/C15H9ClFN3O2/c16-10-6-14(15(18)22)20-13(10)4-3-12(19-20)9-2-1-8(7-21)5-11(9)17/h1-7H,(H2,18,22). The summed E-state index contributed by atoms with van der Waals surface area (Å²) in [6.07, 6.45) is 0.556. The van der Waals surface area contributed by atoms with Crippen molar-refractivity contribution in [2.75, 3.05) is 0 Å². The molecule has 110 valence electrons. The second kappa shape index (κ2) is 5.23. The molecular formula is C15H9ClFN3O2. The fraction of sp³-hybridized carbons (Fsp3) is 0. The van der Waals surface area contributed by atoms with E-state index in [1.807, 2.05) is 0 Å². The number of nitrogens with two attached hydrogens (primary N) is 1. The average molecular weight is 318 g/mol. The summed E-state index contributed by atoms with van der Waals surface area (Å²) in [5, 5.41) is 4.53. The van der Waals surface area contributed by atoms with Gasteiger partial charge >= 0.3 is 0 Å². The van der Waals surface area contributed by atoms with Crippen molar-refractivity contribution in [1.82, 2.24) is 9.61 Å². The van der Waals surface area contributed by atoms with E-state index in [0.29, 0.717) is 16.8 Å². The Morgan fingerprint density at radius 1 is 1.27 bits per heavy atom. The van der Waals surface area contributed by atoms with Crippen LogP contribution in [0.5, 0.6) is 0 Å². The number of primary amides is 1. The zero-order chi connectivity index (χ0) is 15.9. The fourth-order valence-electron chi connectivity index (χ4n) is 2.17. The van der Waals surface area contributed by atoms with Crippen molar-refractivity contribution in [2.45, 2.75) is 0 Å². The van der Waals surface area contributed by atoms with Gasteiger partial charge in [-0.15, -0.1) is 0 Å². The number of aldehydes is 1. The Morgan fingerprint density at radius 3 is 2.68 bits per heavy atom. The van der Waals surface area contributed by atoms with E-state index in [1.54, 1.807) is 12.1 Å². The third kappa shape index (κ3) is 2.23. The maximum atomic E-state index is 14.1. The molecule has 3 rings (SSSR count). The molecular weight excluding hydrogens is 309 g/mol. The van der Waals surface area contributed by atoms with E-state index in [4.69, 9.17) is 17.3 Å². The Kier molecular flexibility index (Phi) is 3.38. The summed E-state index contributed by atoms with van der Waals surface area (Å²) >= 11 is 6.01. The summed E-state index contributed by atoms with van der Waals surface area (Å²) in [5.74, 6) is -1.28. The maximum Gasteiger partial charge on any atom is 0.267 e. The minimum Gasteiger partial charge on any atom is -0.364 e. The molecule has 0 atom stereocenters. The molecule has 0 aliphatic carbocycles. The molecule has 3 aromatic rings. The summed E-state index contributed by atoms with van der Waals surface area (Å²) in [6.45, 7) is 0. The minimum atomic E-state index is -0.691. The molecule has 0 bridgehead atoms. The van der Waals surface area contributed by atoms with Gasteiger partial charge in [0.15, 0.2) is 0 Å². The number of halogens is 2. The largest absolute Gasteiger partial charge is 0.364 e. The molecule has 0 unspecified atom stereocenters. The van der Waals surface area contributed by atoms with E-state index < -0.39 is 11.7 Å². The zero-order valence-corrected chi connectivity index (χ0v) is 11.8. The molecule has 0 saturated carbocycles. The summed E-state index contributed by atoms with van der Waals surface area (Å²) < 4.78 is 15.3. The minimum absolute atomic E-state index is 0.103. The zero-order valence-electron chi connectivity index (χ0n) is 11.1. The van der Waals surface area contributed by atoms with Crippen LogP contribution in [0.25, 0.3) is 16.8 Å². The van der Waals surface area contributed by atoms with Gasteiger partial charge in [-0.25, -0.2) is 8.91 Å². The molecule has 2 N–H and O–H groups in total. The number of nitrogens with zero attached hydrogens (tertiary/aromatic N) is 2. The van der Waals surface area contributed by atoms with Gasteiger partial charge in [0, 0.05) is 11.1 Å². The van der Waals surface area contributed by atoms with Gasteiger partial charge in [0.1, 0.15) is 17.8 Å². The first-order valence-electron chi connectivity index (χ1n) is 6.24. The highest BCUT2D eigenvalue weighted by atomic mass is 35.5. The summed E-state index contributed by atoms with van der Waals surface area (Å²) in [7, 11) is 0. The molecule has 0 spiro atoms. The van der Waals surface area contributed by atoms with E-state index in [9.17, 15) is 14.0 Å². The molecule has 0 fully saturated rings. The van der Waals surface area contributed by atoms with Crippen molar-refractivity contribution >= 4 is 29.3 Å². The topological polar surface area (TPSA) is 77.5 Å². The SMILES string of the molecule is NC(=O)c1cc(Cl)c2ccc(-c3ccc(C=O)cc3F)nn12. The fourth-order valence-corrected chi connectivity index (χ4v) is 2.42. The van der Waals surface area contributed by atoms with Crippen LogP contribution < -0.4 is 5.73 Å². The highest BCUT2D eigenvalue weighted by molar-refractivity contribution is 6.34. The van der Waals surface area contributed by atoms with E-state index in [0.717, 1.165) is 6.07 Å². The number of fused-ring (bicyclic) bond motifs is 1. The third-order valence-electron chi connectivity index (χ3n) is 3.23. The Balaban J connectivity index is 2.22. The van der Waals surface area contributed by atoms with Crippen LogP contribution in [0.4, 0.5) is 4.39 Å². The Labute approximate surface area is 129 Å². The van der Waals surface area contributed by atoms with Crippen molar-refractivity contribution in [3.05, 3.63) is 58.5 Å². The number of rotatable bonds is 3. The molecule has 0 saturated heterocycles. The van der Waals surface area contributed by atoms with Gasteiger partial charge in [-0.1, -0.05) is 17.7 Å². The Morgan fingerprint density at radius 2 is 2.05 bits per heavy atom. The van der Waals surface area contributed by atoms with E-state index in [-0.39, 0.29) is 22.5 Å². The van der Waals surface area contributed by atoms with Crippen molar-refractivity contribution in [2.24, 2.45) is 5.73 Å². The van der Waals surface area contributed by atoms with Crippen LogP contribution in [0.2, 0.25) is 5.02 Å². The molecule has 1 amide bonds. The monoisotopic (exact) mass is 317 g/mol. The van der Waals surface area contributed by atoms with Gasteiger partial charge in [0.25, 0.3) is 5.91 Å². The Bertz CT molecular complexity index is 921. The summed E-state index contributed by atoms with van der Waals surface area (Å²) in [5.41, 5.74) is 6.59. The first-order valence-corrected chi connectivity index (χ1v) is 6.62. The smallest absolute Gasteiger partial charge is 0.267 e. The predicted octanol–water partition coefficient (Wildman–Crippen LogP) is 2.71. The number of carbonyl (C=O) groups is 2. The van der Waals surface area contributed by atoms with Gasteiger partial charge in [-0.3, -0.25) is 9.59 Å². The normalized spacial score (nSPS) is 10.8. The van der Waals surface area contributed by atoms with Gasteiger partial charge in [0.05, 0.1) is 16.2 Å². The molecule has 2 heterocycles. The second-order valence-electron chi connectivity index (χ2n) is 4.61. The van der Waals surface area contributed by atoms with Crippen molar-refractivity contribution in [3.63, 3.8) is 0 Å². The number of carbonyl (C=O) groups excluding carboxylic acids is 2. The second-order valence-corrected chi connectivity index (χ2v) is 5.02. The van der Waals surface area contributed by atoms with Crippen molar-refractivity contribution in [3.8, 4) is 11.3 Å². The van der Waals surface area contributed by atoms with Gasteiger partial charge in [0.2, 0.25) is 0 Å². The van der Waals surface area contributed by atoms with Crippen LogP contribution in [0.1, 0.15) is 20.8 Å². The molecule has 0 radical (unpaired) electrons. The van der Waals surface area contributed by atoms with E-state index in [1.165, 1.54) is 22.7 Å². The van der Waals surface area contributed by atoms with E-state index >= 15 is 0 Å². The number of benzene rings is 1. The molecule has 2 aromatic heterocycles. The maximum absolute atomic E-state index is 14.1. The third-order valence-corrected chi connectivity index (χ3v) is 3.53. The van der Waals surface area contributed by atoms with Gasteiger partial charge < -0.3 is 5.73 Å². The summed E-state index contributed by atoms with van der Waals surface area (Å²) in [4.78, 5) is 22.1. The first-order chi connectivity index (χ1) is 10.5. The highest BCUT2D eigenvalue weighted by Crippen LogP contribution is 2.26. The number of amides is 1. The lowest BCUT2D eigenvalue weighted by molar-refractivity contribution is 0.0993. The molecule has 22 heavy (non-hydrogen) atoms. The predicted molar refractivity (Wildman–Crippen MR) is 79.5 cm³/mol. The lowest BCUT2D eigenvalue weighted by atomic mass is 10.1. The molecule has 5 nitrogen and oxygen atoms in total. The lowest BCUT2D eigenvalue weighted by Gasteiger charge is -2.05. The van der Waals surface area contributed by atoms with Crippen LogP contribution in [-0.4, -0.2) is 21.8 Å². The van der Waals surface area contributed by atoms with Crippen LogP contribution >= 0.6 is 11.6 Å². The van der Waals surface area contributed by atoms with Crippen molar-refractivity contribution < 1.29 is 14.0 Å². The number of hydrogen-bond donors (Lipinski definition) is 1. The number of hydrogen-bond acceptors (Lipinski definition) is 3. The Hall–Kier alpha value is -2.73. The highest BCUT2D eigenvalue weighted by Gasteiger charge is 2.15. The molecule has 1 aromatic carbocycles. The van der Waals surface area contributed by atoms with Gasteiger partial charge in [-0.05, 0) is 30.3 Å². The average Bonchev–Trinajstić information content (AvgIpc) is 2.84. The molecule has 0 aliphatic heterocycles. The van der Waals surface area contributed by atoms with Crippen LogP contribution in [0.15, 0.2) is 36.4 Å². The summed E-state index contributed by atoms with van der Waals surface area (Å²) in [6, 6.07) is 8.64. The van der Waals surface area contributed by atoms with Crippen LogP contribution in [0, 0.1) is 5.82 Å². The van der Waals surface area contributed by atoms with Crippen molar-refractivity contribution in [1.29, 1.82) is 0 Å². The van der Waals surface area contributed by atoms with Gasteiger partial charge in [-0.2, -0.15) is 5.10 Å². The number of aromatic nitrogens is 2. The molecule has 0 aliphatic rings. The van der Waals surface area contributed by atoms with Crippen LogP contribution in [0.3, 0.4) is 0 Å². The van der Waals surface area contributed by atoms with E-state index in [2.05, 4.69) is 5.10 Å². The van der Waals surface area contributed by atoms with Crippen LogP contribution in [-0.2, 0) is 0 Å². The first kappa shape index (κ1) is 14.2. The quantitative estimate of drug-likeness (QED) is 0.754.